The lowest BCUT2D eigenvalue weighted by Gasteiger charge is -2.20. The third-order valence-electron chi connectivity index (χ3n) is 3.23. The van der Waals surface area contributed by atoms with Gasteiger partial charge in [0, 0.05) is 17.3 Å². The summed E-state index contributed by atoms with van der Waals surface area (Å²) in [7, 11) is 0. The van der Waals surface area contributed by atoms with E-state index in [-0.39, 0.29) is 11.9 Å². The Labute approximate surface area is 126 Å². The molecule has 2 N–H and O–H groups in total. The van der Waals surface area contributed by atoms with Crippen molar-refractivity contribution in [3.05, 3.63) is 40.7 Å². The molecule has 110 valence electrons. The molecular formula is C14H14ClN3O3. The molecule has 2 aromatic rings. The highest BCUT2D eigenvalue weighted by Gasteiger charge is 2.20. The van der Waals surface area contributed by atoms with Gasteiger partial charge in [0.1, 0.15) is 13.2 Å². The highest BCUT2D eigenvalue weighted by Crippen LogP contribution is 2.38. The van der Waals surface area contributed by atoms with Gasteiger partial charge in [-0.1, -0.05) is 11.6 Å². The first-order valence-electron chi connectivity index (χ1n) is 6.54. The maximum absolute atomic E-state index is 12.3. The summed E-state index contributed by atoms with van der Waals surface area (Å²) in [6.07, 6.45) is 3.41. The van der Waals surface area contributed by atoms with Gasteiger partial charge in [0.25, 0.3) is 5.91 Å². The van der Waals surface area contributed by atoms with Gasteiger partial charge in [0.15, 0.2) is 11.5 Å². The van der Waals surface area contributed by atoms with Crippen LogP contribution in [0.4, 0.5) is 0 Å². The summed E-state index contributed by atoms with van der Waals surface area (Å²) in [6.45, 7) is 2.78. The SMILES string of the molecule is CC(NC(=O)c1cc(Cl)c2c(c1)OCCO2)c1cn[nH]c1. The van der Waals surface area contributed by atoms with E-state index in [2.05, 4.69) is 15.5 Å². The molecule has 6 nitrogen and oxygen atoms in total. The number of amides is 1. The second-order valence-corrected chi connectivity index (χ2v) is 5.12. The second kappa shape index (κ2) is 5.65. The van der Waals surface area contributed by atoms with Crippen LogP contribution in [0.2, 0.25) is 5.02 Å². The average Bonchev–Trinajstić information content (AvgIpc) is 3.01. The van der Waals surface area contributed by atoms with Gasteiger partial charge in [-0.15, -0.1) is 0 Å². The van der Waals surface area contributed by atoms with Crippen molar-refractivity contribution in [3.8, 4) is 11.5 Å². The number of rotatable bonds is 3. The van der Waals surface area contributed by atoms with E-state index in [0.717, 1.165) is 5.56 Å². The molecule has 0 saturated carbocycles. The van der Waals surface area contributed by atoms with Crippen LogP contribution in [0.15, 0.2) is 24.5 Å². The van der Waals surface area contributed by atoms with Crippen LogP contribution in [0.3, 0.4) is 0 Å². The maximum atomic E-state index is 12.3. The first kappa shape index (κ1) is 13.8. The predicted molar refractivity (Wildman–Crippen MR) is 76.9 cm³/mol. The van der Waals surface area contributed by atoms with E-state index in [1.165, 1.54) is 0 Å². The van der Waals surface area contributed by atoms with E-state index in [1.54, 1.807) is 24.5 Å². The van der Waals surface area contributed by atoms with Crippen molar-refractivity contribution < 1.29 is 14.3 Å². The number of hydrogen-bond acceptors (Lipinski definition) is 4. The quantitative estimate of drug-likeness (QED) is 0.912. The standard InChI is InChI=1S/C14H14ClN3O3/c1-8(10-6-16-17-7-10)18-14(19)9-4-11(15)13-12(5-9)20-2-3-21-13/h4-8H,2-3H2,1H3,(H,16,17)(H,18,19). The molecule has 1 amide bonds. The minimum atomic E-state index is -0.234. The zero-order valence-electron chi connectivity index (χ0n) is 11.4. The summed E-state index contributed by atoms with van der Waals surface area (Å²) >= 11 is 6.13. The van der Waals surface area contributed by atoms with E-state index in [0.29, 0.717) is 35.3 Å². The molecule has 0 bridgehead atoms. The maximum Gasteiger partial charge on any atom is 0.251 e. The largest absolute Gasteiger partial charge is 0.486 e. The van der Waals surface area contributed by atoms with Crippen LogP contribution < -0.4 is 14.8 Å². The fourth-order valence-electron chi connectivity index (χ4n) is 2.10. The Morgan fingerprint density at radius 1 is 1.43 bits per heavy atom. The van der Waals surface area contributed by atoms with Gasteiger partial charge < -0.3 is 14.8 Å². The minimum Gasteiger partial charge on any atom is -0.486 e. The van der Waals surface area contributed by atoms with Crippen LogP contribution in [-0.4, -0.2) is 29.3 Å². The summed E-state index contributed by atoms with van der Waals surface area (Å²) in [4.78, 5) is 12.3. The summed E-state index contributed by atoms with van der Waals surface area (Å²) in [6, 6.07) is 3.05. The molecule has 1 aromatic carbocycles. The van der Waals surface area contributed by atoms with Crippen LogP contribution in [0.1, 0.15) is 28.9 Å². The second-order valence-electron chi connectivity index (χ2n) is 4.71. The first-order valence-corrected chi connectivity index (χ1v) is 6.91. The highest BCUT2D eigenvalue weighted by atomic mass is 35.5. The van der Waals surface area contributed by atoms with Crippen molar-refractivity contribution in [2.45, 2.75) is 13.0 Å². The van der Waals surface area contributed by atoms with E-state index in [4.69, 9.17) is 21.1 Å². The van der Waals surface area contributed by atoms with Crippen LogP contribution in [0, 0.1) is 0 Å². The minimum absolute atomic E-state index is 0.164. The normalized spacial score (nSPS) is 14.6. The summed E-state index contributed by atoms with van der Waals surface area (Å²) in [5, 5.41) is 9.82. The number of H-pyrrole nitrogens is 1. The van der Waals surface area contributed by atoms with E-state index >= 15 is 0 Å². The first-order chi connectivity index (χ1) is 10.1. The van der Waals surface area contributed by atoms with Gasteiger partial charge in [-0.25, -0.2) is 0 Å². The average molecular weight is 308 g/mol. The Kier molecular flexibility index (Phi) is 3.70. The third-order valence-corrected chi connectivity index (χ3v) is 3.51. The zero-order chi connectivity index (χ0) is 14.8. The number of nitrogens with zero attached hydrogens (tertiary/aromatic N) is 1. The van der Waals surface area contributed by atoms with Crippen molar-refractivity contribution in [3.63, 3.8) is 0 Å². The molecule has 2 heterocycles. The Hall–Kier alpha value is -2.21. The molecule has 0 saturated heterocycles. The molecule has 3 rings (SSSR count). The number of fused-ring (bicyclic) bond motifs is 1. The van der Waals surface area contributed by atoms with Gasteiger partial charge in [-0.3, -0.25) is 9.89 Å². The molecule has 1 unspecified atom stereocenters. The Balaban J connectivity index is 1.80. The van der Waals surface area contributed by atoms with Crippen molar-refractivity contribution in [1.82, 2.24) is 15.5 Å². The van der Waals surface area contributed by atoms with Gasteiger partial charge in [0.2, 0.25) is 0 Å². The molecule has 1 atom stereocenters. The van der Waals surface area contributed by atoms with E-state index < -0.39 is 0 Å². The molecular weight excluding hydrogens is 294 g/mol. The number of benzene rings is 1. The van der Waals surface area contributed by atoms with Crippen molar-refractivity contribution in [2.75, 3.05) is 13.2 Å². The number of carbonyl (C=O) groups is 1. The molecule has 7 heteroatoms. The molecule has 21 heavy (non-hydrogen) atoms. The topological polar surface area (TPSA) is 76.2 Å². The van der Waals surface area contributed by atoms with Crippen LogP contribution >= 0.6 is 11.6 Å². The number of aromatic amines is 1. The van der Waals surface area contributed by atoms with Crippen molar-refractivity contribution in [1.29, 1.82) is 0 Å². The van der Waals surface area contributed by atoms with E-state index in [1.807, 2.05) is 6.92 Å². The highest BCUT2D eigenvalue weighted by molar-refractivity contribution is 6.32. The summed E-state index contributed by atoms with van der Waals surface area (Å²) in [5.41, 5.74) is 1.33. The molecule has 0 radical (unpaired) electrons. The molecule has 0 aliphatic carbocycles. The molecule has 1 aromatic heterocycles. The molecule has 0 spiro atoms. The lowest BCUT2D eigenvalue weighted by molar-refractivity contribution is 0.0938. The van der Waals surface area contributed by atoms with Gasteiger partial charge in [-0.05, 0) is 19.1 Å². The number of ether oxygens (including phenoxy) is 2. The van der Waals surface area contributed by atoms with Gasteiger partial charge in [0.05, 0.1) is 17.3 Å². The third kappa shape index (κ3) is 2.80. The summed E-state index contributed by atoms with van der Waals surface area (Å²) in [5.74, 6) is 0.750. The van der Waals surface area contributed by atoms with Gasteiger partial charge >= 0.3 is 0 Å². The van der Waals surface area contributed by atoms with Gasteiger partial charge in [-0.2, -0.15) is 5.10 Å². The summed E-state index contributed by atoms with van der Waals surface area (Å²) < 4.78 is 10.9. The number of aromatic nitrogens is 2. The predicted octanol–water partition coefficient (Wildman–Crippen LogP) is 2.33. The monoisotopic (exact) mass is 307 g/mol. The Morgan fingerprint density at radius 3 is 3.00 bits per heavy atom. The number of hydrogen-bond donors (Lipinski definition) is 2. The molecule has 1 aliphatic heterocycles. The number of nitrogens with one attached hydrogen (secondary N) is 2. The van der Waals surface area contributed by atoms with Crippen LogP contribution in [0.5, 0.6) is 11.5 Å². The van der Waals surface area contributed by atoms with E-state index in [9.17, 15) is 4.79 Å². The zero-order valence-corrected chi connectivity index (χ0v) is 12.1. The van der Waals surface area contributed by atoms with Crippen LogP contribution in [0.25, 0.3) is 0 Å². The Morgan fingerprint density at radius 2 is 2.24 bits per heavy atom. The fraction of sp³-hybridized carbons (Fsp3) is 0.286. The fourth-order valence-corrected chi connectivity index (χ4v) is 2.37. The number of carbonyl (C=O) groups excluding carboxylic acids is 1. The lowest BCUT2D eigenvalue weighted by atomic mass is 10.1. The van der Waals surface area contributed by atoms with Crippen molar-refractivity contribution in [2.24, 2.45) is 0 Å². The molecule has 0 fully saturated rings. The Bertz CT molecular complexity index is 658. The smallest absolute Gasteiger partial charge is 0.251 e. The van der Waals surface area contributed by atoms with Crippen LogP contribution in [-0.2, 0) is 0 Å². The molecule has 1 aliphatic rings. The number of halogens is 1. The lowest BCUT2D eigenvalue weighted by Crippen LogP contribution is -2.26. The van der Waals surface area contributed by atoms with Crippen molar-refractivity contribution >= 4 is 17.5 Å².